The molecule has 1 heterocycles. The van der Waals surface area contributed by atoms with Crippen molar-refractivity contribution in [3.63, 3.8) is 0 Å². The average molecular weight is 359 g/mol. The summed E-state index contributed by atoms with van der Waals surface area (Å²) in [6.45, 7) is -0.209. The lowest BCUT2D eigenvalue weighted by Gasteiger charge is -2.05. The first-order valence-electron chi connectivity index (χ1n) is 7.16. The van der Waals surface area contributed by atoms with Gasteiger partial charge in [0, 0.05) is 5.56 Å². The number of benzene rings is 2. The zero-order chi connectivity index (χ0) is 17.9. The number of rotatable bonds is 6. The van der Waals surface area contributed by atoms with Gasteiger partial charge in [-0.05, 0) is 30.3 Å². The average Bonchev–Trinajstić information content (AvgIpc) is 3.10. The van der Waals surface area contributed by atoms with Crippen LogP contribution in [0.5, 0.6) is 0 Å². The molecule has 8 nitrogen and oxygen atoms in total. The third-order valence-electron chi connectivity index (χ3n) is 3.29. The van der Waals surface area contributed by atoms with E-state index >= 15 is 0 Å². The van der Waals surface area contributed by atoms with Crippen molar-refractivity contribution in [3.05, 3.63) is 66.1 Å². The Labute approximate surface area is 143 Å². The molecule has 1 aromatic heterocycles. The van der Waals surface area contributed by atoms with Crippen LogP contribution in [0.1, 0.15) is 16.2 Å². The molecule has 3 aromatic rings. The van der Waals surface area contributed by atoms with E-state index < -0.39 is 16.0 Å². The van der Waals surface area contributed by atoms with Crippen molar-refractivity contribution in [2.24, 2.45) is 0 Å². The van der Waals surface area contributed by atoms with Gasteiger partial charge in [-0.3, -0.25) is 0 Å². The maximum absolute atomic E-state index is 12.3. The third kappa shape index (κ3) is 3.90. The highest BCUT2D eigenvalue weighted by atomic mass is 32.2. The second-order valence-electron chi connectivity index (χ2n) is 5.02. The zero-order valence-corrected chi connectivity index (χ0v) is 13.6. The van der Waals surface area contributed by atoms with Gasteiger partial charge < -0.3 is 9.52 Å². The highest BCUT2D eigenvalue weighted by Crippen LogP contribution is 2.17. The van der Waals surface area contributed by atoms with Gasteiger partial charge in [-0.15, -0.1) is 10.2 Å². The lowest BCUT2D eigenvalue weighted by atomic mass is 10.2. The Balaban J connectivity index is 1.74. The van der Waals surface area contributed by atoms with E-state index in [9.17, 15) is 13.2 Å². The summed E-state index contributed by atoms with van der Waals surface area (Å²) in [5.74, 6) is -0.832. The summed E-state index contributed by atoms with van der Waals surface area (Å²) < 4.78 is 32.3. The number of aromatic carboxylic acids is 1. The fraction of sp³-hybridized carbons (Fsp3) is 0.0625. The van der Waals surface area contributed by atoms with Crippen molar-refractivity contribution in [2.75, 3.05) is 0 Å². The molecule has 2 aromatic carbocycles. The lowest BCUT2D eigenvalue weighted by Crippen LogP contribution is -2.23. The van der Waals surface area contributed by atoms with Crippen LogP contribution in [-0.4, -0.2) is 29.7 Å². The lowest BCUT2D eigenvalue weighted by molar-refractivity contribution is 0.0696. The number of hydrogen-bond acceptors (Lipinski definition) is 6. The van der Waals surface area contributed by atoms with Crippen LogP contribution in [0.15, 0.2) is 63.9 Å². The Morgan fingerprint density at radius 1 is 1.08 bits per heavy atom. The van der Waals surface area contributed by atoms with Crippen LogP contribution >= 0.6 is 0 Å². The van der Waals surface area contributed by atoms with Crippen molar-refractivity contribution in [2.45, 2.75) is 11.4 Å². The van der Waals surface area contributed by atoms with Gasteiger partial charge in [0.25, 0.3) is 0 Å². The van der Waals surface area contributed by atoms with Crippen LogP contribution in [0.4, 0.5) is 0 Å². The minimum Gasteiger partial charge on any atom is -0.478 e. The van der Waals surface area contributed by atoms with E-state index in [1.54, 1.807) is 12.1 Å². The van der Waals surface area contributed by atoms with E-state index in [2.05, 4.69) is 14.9 Å². The standard InChI is InChI=1S/C16H13N3O5S/c20-16(21)12-7-4-8-13(9-12)25(22,23)17-10-14-18-19-15(24-14)11-5-2-1-3-6-11/h1-9,17H,10H2,(H,20,21). The summed E-state index contributed by atoms with van der Waals surface area (Å²) in [5, 5.41) is 16.6. The van der Waals surface area contributed by atoms with E-state index in [-0.39, 0.29) is 28.8 Å². The first-order chi connectivity index (χ1) is 12.0. The Hall–Kier alpha value is -3.04. The molecule has 0 fully saturated rings. The van der Waals surface area contributed by atoms with Crippen molar-refractivity contribution in [1.29, 1.82) is 0 Å². The number of carboxylic acids is 1. The van der Waals surface area contributed by atoms with Crippen LogP contribution in [0.25, 0.3) is 11.5 Å². The molecule has 128 valence electrons. The van der Waals surface area contributed by atoms with Gasteiger partial charge in [-0.25, -0.2) is 17.9 Å². The van der Waals surface area contributed by atoms with Crippen LogP contribution in [0.2, 0.25) is 0 Å². The van der Waals surface area contributed by atoms with Crippen LogP contribution < -0.4 is 4.72 Å². The molecule has 0 saturated heterocycles. The number of sulfonamides is 1. The first-order valence-corrected chi connectivity index (χ1v) is 8.65. The second-order valence-corrected chi connectivity index (χ2v) is 6.79. The molecule has 0 spiro atoms. The fourth-order valence-electron chi connectivity index (χ4n) is 2.06. The number of nitrogens with one attached hydrogen (secondary N) is 1. The van der Waals surface area contributed by atoms with Gasteiger partial charge in [0.1, 0.15) is 0 Å². The molecular weight excluding hydrogens is 346 g/mol. The summed E-state index contributed by atoms with van der Waals surface area (Å²) in [6.07, 6.45) is 0. The van der Waals surface area contributed by atoms with E-state index in [4.69, 9.17) is 9.52 Å². The topological polar surface area (TPSA) is 122 Å². The Kier molecular flexibility index (Phi) is 4.59. The fourth-order valence-corrected chi connectivity index (χ4v) is 3.08. The number of carbonyl (C=O) groups is 1. The molecule has 0 bridgehead atoms. The van der Waals surface area contributed by atoms with E-state index in [1.807, 2.05) is 18.2 Å². The maximum Gasteiger partial charge on any atom is 0.335 e. The van der Waals surface area contributed by atoms with Crippen LogP contribution in [-0.2, 0) is 16.6 Å². The first kappa shape index (κ1) is 16.8. The van der Waals surface area contributed by atoms with Gasteiger partial charge in [0.2, 0.25) is 21.8 Å². The quantitative estimate of drug-likeness (QED) is 0.689. The summed E-state index contributed by atoms with van der Waals surface area (Å²) in [6, 6.07) is 14.1. The zero-order valence-electron chi connectivity index (χ0n) is 12.8. The molecule has 25 heavy (non-hydrogen) atoms. The van der Waals surface area contributed by atoms with Gasteiger partial charge in [-0.2, -0.15) is 0 Å². The van der Waals surface area contributed by atoms with E-state index in [1.165, 1.54) is 18.2 Å². The predicted octanol–water partition coefficient (Wildman–Crippen LogP) is 1.91. The number of carboxylic acid groups (broad SMARTS) is 1. The van der Waals surface area contributed by atoms with Crippen LogP contribution in [0, 0.1) is 0 Å². The molecule has 0 aliphatic rings. The van der Waals surface area contributed by atoms with Crippen molar-refractivity contribution in [3.8, 4) is 11.5 Å². The summed E-state index contributed by atoms with van der Waals surface area (Å²) in [5.41, 5.74) is 0.602. The van der Waals surface area contributed by atoms with Crippen molar-refractivity contribution in [1.82, 2.24) is 14.9 Å². The van der Waals surface area contributed by atoms with Crippen molar-refractivity contribution < 1.29 is 22.7 Å². The summed E-state index contributed by atoms with van der Waals surface area (Å²) >= 11 is 0. The monoisotopic (exact) mass is 359 g/mol. The molecule has 0 saturated carbocycles. The molecule has 2 N–H and O–H groups in total. The Morgan fingerprint density at radius 2 is 1.84 bits per heavy atom. The Morgan fingerprint density at radius 3 is 2.56 bits per heavy atom. The third-order valence-corrected chi connectivity index (χ3v) is 4.69. The molecule has 0 atom stereocenters. The number of aromatic nitrogens is 2. The van der Waals surface area contributed by atoms with Crippen molar-refractivity contribution >= 4 is 16.0 Å². The smallest absolute Gasteiger partial charge is 0.335 e. The van der Waals surface area contributed by atoms with E-state index in [0.29, 0.717) is 0 Å². The molecule has 9 heteroatoms. The van der Waals surface area contributed by atoms with Gasteiger partial charge in [-0.1, -0.05) is 24.3 Å². The number of hydrogen-bond donors (Lipinski definition) is 2. The molecular formula is C16H13N3O5S. The minimum atomic E-state index is -3.91. The largest absolute Gasteiger partial charge is 0.478 e. The Bertz CT molecular complexity index is 999. The summed E-state index contributed by atoms with van der Waals surface area (Å²) in [4.78, 5) is 10.8. The van der Waals surface area contributed by atoms with E-state index in [0.717, 1.165) is 11.6 Å². The molecule has 0 unspecified atom stereocenters. The molecule has 3 rings (SSSR count). The maximum atomic E-state index is 12.3. The summed E-state index contributed by atoms with van der Waals surface area (Å²) in [7, 11) is -3.91. The predicted molar refractivity (Wildman–Crippen MR) is 87.2 cm³/mol. The second kappa shape index (κ2) is 6.83. The molecule has 0 aliphatic carbocycles. The highest BCUT2D eigenvalue weighted by molar-refractivity contribution is 7.89. The van der Waals surface area contributed by atoms with Crippen LogP contribution in [0.3, 0.4) is 0 Å². The molecule has 0 amide bonds. The molecule has 0 aliphatic heterocycles. The van der Waals surface area contributed by atoms with Gasteiger partial charge in [0.05, 0.1) is 17.0 Å². The highest BCUT2D eigenvalue weighted by Gasteiger charge is 2.17. The van der Waals surface area contributed by atoms with Gasteiger partial charge in [0.15, 0.2) is 0 Å². The normalized spacial score (nSPS) is 11.4. The van der Waals surface area contributed by atoms with Gasteiger partial charge >= 0.3 is 5.97 Å². The molecule has 0 radical (unpaired) electrons. The SMILES string of the molecule is O=C(O)c1cccc(S(=O)(=O)NCc2nnc(-c3ccccc3)o2)c1. The minimum absolute atomic E-state index is 0.0943. The number of nitrogens with zero attached hydrogens (tertiary/aromatic N) is 2.